The number of oxazole rings is 1. The Morgan fingerprint density at radius 2 is 2.04 bits per heavy atom. The van der Waals surface area contributed by atoms with Crippen LogP contribution in [-0.4, -0.2) is 41.0 Å². The third-order valence-corrected chi connectivity index (χ3v) is 6.13. The van der Waals surface area contributed by atoms with E-state index < -0.39 is 0 Å². The number of aromatic nitrogens is 1. The molecule has 1 amide bonds. The summed E-state index contributed by atoms with van der Waals surface area (Å²) in [5.41, 5.74) is 0.709. The molecule has 3 aliphatic rings. The second-order valence-corrected chi connectivity index (χ2v) is 7.64. The Balaban J connectivity index is 1.41. The van der Waals surface area contributed by atoms with Crippen LogP contribution in [0.15, 0.2) is 51.3 Å². The Morgan fingerprint density at radius 1 is 1.29 bits per heavy atom. The van der Waals surface area contributed by atoms with Crippen molar-refractivity contribution < 1.29 is 9.21 Å². The van der Waals surface area contributed by atoms with Crippen molar-refractivity contribution in [3.8, 4) is 0 Å². The Morgan fingerprint density at radius 3 is 2.67 bits per heavy atom. The van der Waals surface area contributed by atoms with E-state index in [1.807, 2.05) is 24.3 Å². The van der Waals surface area contributed by atoms with E-state index in [4.69, 9.17) is 4.42 Å². The van der Waals surface area contributed by atoms with Gasteiger partial charge in [0.1, 0.15) is 0 Å². The number of carbonyl (C=O) groups excluding carboxylic acids is 1. The molecule has 5 rings (SSSR count). The zero-order valence-electron chi connectivity index (χ0n) is 13.6. The van der Waals surface area contributed by atoms with Crippen molar-refractivity contribution in [3.63, 3.8) is 0 Å². The van der Waals surface area contributed by atoms with E-state index in [1.54, 1.807) is 6.20 Å². The second kappa shape index (κ2) is 6.61. The molecule has 126 valence electrons. The molecule has 24 heavy (non-hydrogen) atoms. The summed E-state index contributed by atoms with van der Waals surface area (Å²) in [4.78, 5) is 20.0. The highest BCUT2D eigenvalue weighted by Gasteiger charge is 2.40. The molecule has 0 spiro atoms. The van der Waals surface area contributed by atoms with E-state index in [0.717, 1.165) is 9.99 Å². The lowest BCUT2D eigenvalue weighted by atomic mass is 9.79. The number of amides is 1. The third kappa shape index (κ3) is 3.08. The quantitative estimate of drug-likeness (QED) is 0.925. The minimum Gasteiger partial charge on any atom is -0.437 e. The van der Waals surface area contributed by atoms with Crippen molar-refractivity contribution in [2.24, 2.45) is 5.92 Å². The molecule has 2 aromatic rings. The maximum absolute atomic E-state index is 12.6. The number of hydrogen-bond donors (Lipinski definition) is 1. The Kier molecular flexibility index (Phi) is 4.33. The number of hydrogen-bond acceptors (Lipinski definition) is 5. The molecule has 6 heteroatoms. The molecule has 3 aliphatic heterocycles. The molecule has 1 aromatic carbocycles. The highest BCUT2D eigenvalue weighted by molar-refractivity contribution is 7.99. The van der Waals surface area contributed by atoms with E-state index in [-0.39, 0.29) is 11.9 Å². The van der Waals surface area contributed by atoms with Crippen molar-refractivity contribution >= 4 is 17.7 Å². The smallest absolute Gasteiger partial charge is 0.251 e. The highest BCUT2D eigenvalue weighted by atomic mass is 32.2. The average Bonchev–Trinajstić information content (AvgIpc) is 3.12. The van der Waals surface area contributed by atoms with Crippen LogP contribution in [0, 0.1) is 5.92 Å². The number of fused-ring (bicyclic) bond motifs is 3. The first-order valence-electron chi connectivity index (χ1n) is 8.42. The van der Waals surface area contributed by atoms with Gasteiger partial charge in [-0.05, 0) is 63.0 Å². The van der Waals surface area contributed by atoms with Crippen molar-refractivity contribution in [1.29, 1.82) is 0 Å². The van der Waals surface area contributed by atoms with Crippen molar-refractivity contribution in [2.75, 3.05) is 13.1 Å². The third-order valence-electron chi connectivity index (χ3n) is 5.22. The molecule has 1 aromatic heterocycles. The monoisotopic (exact) mass is 343 g/mol. The van der Waals surface area contributed by atoms with Gasteiger partial charge in [0.15, 0.2) is 11.5 Å². The summed E-state index contributed by atoms with van der Waals surface area (Å²) in [5, 5.41) is 4.01. The van der Waals surface area contributed by atoms with E-state index in [0.29, 0.717) is 17.5 Å². The normalized spacial score (nSPS) is 28.7. The van der Waals surface area contributed by atoms with Gasteiger partial charge >= 0.3 is 0 Å². The van der Waals surface area contributed by atoms with Gasteiger partial charge in [0.05, 0.1) is 6.20 Å². The highest BCUT2D eigenvalue weighted by Crippen LogP contribution is 2.32. The van der Waals surface area contributed by atoms with Crippen LogP contribution in [0.1, 0.15) is 30.1 Å². The molecule has 4 heterocycles. The lowest BCUT2D eigenvalue weighted by molar-refractivity contribution is 0.0217. The molecule has 0 radical (unpaired) electrons. The van der Waals surface area contributed by atoms with Gasteiger partial charge in [-0.3, -0.25) is 9.69 Å². The van der Waals surface area contributed by atoms with Crippen LogP contribution in [-0.2, 0) is 0 Å². The lowest BCUT2D eigenvalue weighted by Gasteiger charge is -2.49. The Hall–Kier alpha value is -1.79. The first-order chi connectivity index (χ1) is 11.7. The number of benzene rings is 1. The molecule has 2 unspecified atom stereocenters. The minimum atomic E-state index is 0.0248. The van der Waals surface area contributed by atoms with Crippen LogP contribution in [0.3, 0.4) is 0 Å². The maximum atomic E-state index is 12.6. The molecule has 0 saturated carbocycles. The van der Waals surface area contributed by atoms with Gasteiger partial charge < -0.3 is 9.73 Å². The summed E-state index contributed by atoms with van der Waals surface area (Å²) in [5.74, 6) is 0.645. The van der Waals surface area contributed by atoms with Crippen LogP contribution < -0.4 is 5.32 Å². The van der Waals surface area contributed by atoms with Crippen LogP contribution in [0.4, 0.5) is 0 Å². The van der Waals surface area contributed by atoms with Crippen LogP contribution in [0.25, 0.3) is 0 Å². The van der Waals surface area contributed by atoms with Crippen LogP contribution >= 0.6 is 11.8 Å². The summed E-state index contributed by atoms with van der Waals surface area (Å²) >= 11 is 1.49. The fourth-order valence-corrected chi connectivity index (χ4v) is 4.53. The van der Waals surface area contributed by atoms with E-state index in [9.17, 15) is 4.79 Å². The first-order valence-corrected chi connectivity index (χ1v) is 9.23. The molecule has 3 saturated heterocycles. The zero-order chi connectivity index (χ0) is 16.5. The average molecular weight is 343 g/mol. The van der Waals surface area contributed by atoms with Crippen molar-refractivity contribution in [3.05, 3.63) is 42.4 Å². The van der Waals surface area contributed by atoms with Gasteiger partial charge in [0, 0.05) is 22.5 Å². The van der Waals surface area contributed by atoms with Crippen LogP contribution in [0.5, 0.6) is 0 Å². The predicted molar refractivity (Wildman–Crippen MR) is 92.1 cm³/mol. The first kappa shape index (κ1) is 15.7. The molecule has 3 fully saturated rings. The molecule has 5 nitrogen and oxygen atoms in total. The Labute approximate surface area is 145 Å². The summed E-state index contributed by atoms with van der Waals surface area (Å²) < 4.78 is 5.22. The summed E-state index contributed by atoms with van der Waals surface area (Å²) in [6.07, 6.45) is 5.49. The van der Waals surface area contributed by atoms with E-state index in [1.165, 1.54) is 44.1 Å². The van der Waals surface area contributed by atoms with E-state index >= 15 is 0 Å². The predicted octanol–water partition coefficient (Wildman–Crippen LogP) is 3.04. The number of rotatable bonds is 4. The van der Waals surface area contributed by atoms with E-state index in [2.05, 4.69) is 22.1 Å². The van der Waals surface area contributed by atoms with Gasteiger partial charge in [-0.2, -0.15) is 0 Å². The summed E-state index contributed by atoms with van der Waals surface area (Å²) in [6.45, 7) is 4.57. The minimum absolute atomic E-state index is 0.0248. The molecule has 2 atom stereocenters. The molecule has 0 aliphatic carbocycles. The largest absolute Gasteiger partial charge is 0.437 e. The van der Waals surface area contributed by atoms with Gasteiger partial charge in [-0.1, -0.05) is 11.8 Å². The number of carbonyl (C=O) groups is 1. The van der Waals surface area contributed by atoms with Gasteiger partial charge in [-0.25, -0.2) is 4.98 Å². The molecule has 1 N–H and O–H groups in total. The second-order valence-electron chi connectivity index (χ2n) is 6.56. The van der Waals surface area contributed by atoms with Crippen LogP contribution in [0.2, 0.25) is 0 Å². The number of nitrogens with one attached hydrogen (secondary N) is 1. The topological polar surface area (TPSA) is 58.4 Å². The fourth-order valence-electron chi connectivity index (χ4n) is 3.82. The fraction of sp³-hybridized carbons (Fsp3) is 0.444. The zero-order valence-corrected chi connectivity index (χ0v) is 14.5. The summed E-state index contributed by atoms with van der Waals surface area (Å²) in [7, 11) is 0. The SMILES string of the molecule is CC1C(NC(=O)c2ccc(Sc3cnco3)cc2)C2CCN1CC2. The molecular formula is C18H21N3O2S. The van der Waals surface area contributed by atoms with Gasteiger partial charge in [0.2, 0.25) is 0 Å². The number of piperidine rings is 3. The summed E-state index contributed by atoms with van der Waals surface area (Å²) in [6, 6.07) is 8.34. The van der Waals surface area contributed by atoms with Crippen molar-refractivity contribution in [2.45, 2.75) is 41.8 Å². The maximum Gasteiger partial charge on any atom is 0.251 e. The standard InChI is InChI=1S/C18H21N3O2S/c1-12-17(13-6-8-21(12)9-7-13)20-18(22)14-2-4-15(5-3-14)24-16-10-19-11-23-16/h2-5,10-13,17H,6-9H2,1H3,(H,20,22). The van der Waals surface area contributed by atoms with Gasteiger partial charge in [-0.15, -0.1) is 0 Å². The molecular weight excluding hydrogens is 322 g/mol. The van der Waals surface area contributed by atoms with Crippen molar-refractivity contribution in [1.82, 2.24) is 15.2 Å². The number of nitrogens with zero attached hydrogens (tertiary/aromatic N) is 2. The Bertz CT molecular complexity index is 692. The van der Waals surface area contributed by atoms with Gasteiger partial charge in [0.25, 0.3) is 5.91 Å². The lowest BCUT2D eigenvalue weighted by Crippen LogP contribution is -2.62. The molecule has 2 bridgehead atoms.